The second kappa shape index (κ2) is 7.87. The fourth-order valence-electron chi connectivity index (χ4n) is 2.96. The van der Waals surface area contributed by atoms with E-state index >= 15 is 0 Å². The molecule has 0 spiro atoms. The number of hydrogen-bond acceptors (Lipinski definition) is 5. The zero-order valence-corrected chi connectivity index (χ0v) is 16.6. The van der Waals surface area contributed by atoms with Crippen molar-refractivity contribution in [3.8, 4) is 5.75 Å². The van der Waals surface area contributed by atoms with Gasteiger partial charge in [-0.25, -0.2) is 21.6 Å². The standard InChI is InChI=1S/C18H22N2O5S2/c1-25-17-10-9-16(20-11-5-6-12-26(20,21)22)13-18(17)27(23,24)19-14-15-7-3-2-4-8-15/h2-4,7-10,13,19H,5-6,11-12,14H2,1H3. The smallest absolute Gasteiger partial charge is 0.244 e. The van der Waals surface area contributed by atoms with Crippen LogP contribution >= 0.6 is 0 Å². The zero-order valence-electron chi connectivity index (χ0n) is 15.0. The van der Waals surface area contributed by atoms with Crippen LogP contribution in [0.5, 0.6) is 5.75 Å². The van der Waals surface area contributed by atoms with Gasteiger partial charge in [0.1, 0.15) is 10.6 Å². The molecule has 1 fully saturated rings. The molecule has 1 aliphatic heterocycles. The molecule has 0 atom stereocenters. The molecule has 146 valence electrons. The first-order valence-corrected chi connectivity index (χ1v) is 11.6. The first-order valence-electron chi connectivity index (χ1n) is 8.55. The minimum Gasteiger partial charge on any atom is -0.495 e. The Hall–Kier alpha value is -2.10. The molecule has 7 nitrogen and oxygen atoms in total. The van der Waals surface area contributed by atoms with E-state index in [4.69, 9.17) is 4.74 Å². The molecule has 9 heteroatoms. The van der Waals surface area contributed by atoms with Crippen LogP contribution in [0.4, 0.5) is 5.69 Å². The van der Waals surface area contributed by atoms with E-state index in [-0.39, 0.29) is 22.9 Å². The largest absolute Gasteiger partial charge is 0.495 e. The second-order valence-electron chi connectivity index (χ2n) is 6.24. The van der Waals surface area contributed by atoms with E-state index in [1.54, 1.807) is 6.07 Å². The molecule has 0 radical (unpaired) electrons. The SMILES string of the molecule is COc1ccc(N2CCCCS2(=O)=O)cc1S(=O)(=O)NCc1ccccc1. The van der Waals surface area contributed by atoms with Crippen LogP contribution in [-0.2, 0) is 26.6 Å². The summed E-state index contributed by atoms with van der Waals surface area (Å²) in [4.78, 5) is -0.0841. The Kier molecular flexibility index (Phi) is 5.73. The fourth-order valence-corrected chi connectivity index (χ4v) is 5.80. The van der Waals surface area contributed by atoms with E-state index in [9.17, 15) is 16.8 Å². The highest BCUT2D eigenvalue weighted by Crippen LogP contribution is 2.31. The highest BCUT2D eigenvalue weighted by atomic mass is 32.2. The lowest BCUT2D eigenvalue weighted by Gasteiger charge is -2.28. The van der Waals surface area contributed by atoms with Crippen LogP contribution in [0.3, 0.4) is 0 Å². The highest BCUT2D eigenvalue weighted by Gasteiger charge is 2.28. The lowest BCUT2D eigenvalue weighted by Crippen LogP contribution is -2.38. The molecule has 27 heavy (non-hydrogen) atoms. The summed E-state index contributed by atoms with van der Waals surface area (Å²) in [7, 11) is -5.95. The van der Waals surface area contributed by atoms with Crippen molar-refractivity contribution in [3.63, 3.8) is 0 Å². The van der Waals surface area contributed by atoms with Gasteiger partial charge in [-0.15, -0.1) is 0 Å². The zero-order chi connectivity index (χ0) is 19.5. The summed E-state index contributed by atoms with van der Waals surface area (Å²) < 4.78 is 59.3. The molecule has 1 N–H and O–H groups in total. The van der Waals surface area contributed by atoms with E-state index < -0.39 is 20.0 Å². The highest BCUT2D eigenvalue weighted by molar-refractivity contribution is 7.92. The third-order valence-electron chi connectivity index (χ3n) is 4.38. The number of hydrogen-bond donors (Lipinski definition) is 1. The number of ether oxygens (including phenoxy) is 1. The maximum Gasteiger partial charge on any atom is 0.244 e. The van der Waals surface area contributed by atoms with Crippen LogP contribution in [0.2, 0.25) is 0 Å². The van der Waals surface area contributed by atoms with Crippen molar-refractivity contribution in [1.82, 2.24) is 4.72 Å². The average molecular weight is 411 g/mol. The van der Waals surface area contributed by atoms with Crippen LogP contribution in [0.15, 0.2) is 53.4 Å². The van der Waals surface area contributed by atoms with Crippen LogP contribution in [0.1, 0.15) is 18.4 Å². The summed E-state index contributed by atoms with van der Waals surface area (Å²) in [5, 5.41) is 0. The molecular weight excluding hydrogens is 388 g/mol. The molecule has 1 aliphatic rings. The Bertz CT molecular complexity index is 1010. The first-order chi connectivity index (χ1) is 12.8. The Morgan fingerprint density at radius 3 is 2.52 bits per heavy atom. The molecule has 0 unspecified atom stereocenters. The first kappa shape index (κ1) is 19.7. The van der Waals surface area contributed by atoms with Crippen molar-refractivity contribution in [2.75, 3.05) is 23.7 Å². The third kappa shape index (κ3) is 4.42. The van der Waals surface area contributed by atoms with Gasteiger partial charge in [0.2, 0.25) is 20.0 Å². The van der Waals surface area contributed by atoms with Gasteiger partial charge < -0.3 is 4.74 Å². The van der Waals surface area contributed by atoms with Crippen LogP contribution < -0.4 is 13.8 Å². The molecule has 0 bridgehead atoms. The van der Waals surface area contributed by atoms with Crippen LogP contribution in [0.25, 0.3) is 0 Å². The number of sulfonamides is 2. The average Bonchev–Trinajstić information content (AvgIpc) is 2.66. The number of methoxy groups -OCH3 is 1. The van der Waals surface area contributed by atoms with E-state index in [2.05, 4.69) is 4.72 Å². The van der Waals surface area contributed by atoms with Crippen LogP contribution in [0, 0.1) is 0 Å². The summed E-state index contributed by atoms with van der Waals surface area (Å²) in [6.07, 6.45) is 1.35. The lowest BCUT2D eigenvalue weighted by atomic mass is 10.2. The van der Waals surface area contributed by atoms with Crippen molar-refractivity contribution in [2.24, 2.45) is 0 Å². The molecule has 1 saturated heterocycles. The minimum atomic E-state index is -3.90. The molecule has 0 aromatic heterocycles. The summed E-state index contributed by atoms with van der Waals surface area (Å²) in [5.41, 5.74) is 1.14. The van der Waals surface area contributed by atoms with Crippen molar-refractivity contribution in [1.29, 1.82) is 0 Å². The molecule has 2 aromatic carbocycles. The number of nitrogens with one attached hydrogen (secondary N) is 1. The molecular formula is C18H22N2O5S2. The molecule has 2 aromatic rings. The second-order valence-corrected chi connectivity index (χ2v) is 9.99. The Labute approximate surface area is 160 Å². The predicted molar refractivity (Wildman–Crippen MR) is 104 cm³/mol. The maximum absolute atomic E-state index is 12.8. The topological polar surface area (TPSA) is 92.8 Å². The maximum atomic E-state index is 12.8. The van der Waals surface area contributed by atoms with Gasteiger partial charge in [0, 0.05) is 13.1 Å². The molecule has 0 aliphatic carbocycles. The van der Waals surface area contributed by atoms with Gasteiger partial charge in [-0.1, -0.05) is 30.3 Å². The molecule has 0 amide bonds. The summed E-state index contributed by atoms with van der Waals surface area (Å²) in [5.74, 6) is 0.224. The summed E-state index contributed by atoms with van der Waals surface area (Å²) in [6.45, 7) is 0.462. The summed E-state index contributed by atoms with van der Waals surface area (Å²) >= 11 is 0. The minimum absolute atomic E-state index is 0.0629. The monoisotopic (exact) mass is 410 g/mol. The Balaban J connectivity index is 1.93. The van der Waals surface area contributed by atoms with Crippen molar-refractivity contribution in [2.45, 2.75) is 24.3 Å². The Morgan fingerprint density at radius 1 is 1.11 bits per heavy atom. The van der Waals surface area contributed by atoms with Gasteiger partial charge in [-0.05, 0) is 36.6 Å². The van der Waals surface area contributed by atoms with E-state index in [0.29, 0.717) is 18.7 Å². The normalized spacial score (nSPS) is 16.9. The van der Waals surface area contributed by atoms with E-state index in [1.807, 2.05) is 30.3 Å². The Morgan fingerprint density at radius 2 is 1.85 bits per heavy atom. The summed E-state index contributed by atoms with van der Waals surface area (Å²) in [6, 6.07) is 13.5. The number of nitrogens with zero attached hydrogens (tertiary/aromatic N) is 1. The van der Waals surface area contributed by atoms with E-state index in [1.165, 1.54) is 23.5 Å². The van der Waals surface area contributed by atoms with Gasteiger partial charge in [-0.3, -0.25) is 4.31 Å². The van der Waals surface area contributed by atoms with Crippen molar-refractivity contribution in [3.05, 3.63) is 54.1 Å². The third-order valence-corrected chi connectivity index (χ3v) is 7.68. The quantitative estimate of drug-likeness (QED) is 0.787. The number of rotatable bonds is 6. The van der Waals surface area contributed by atoms with E-state index in [0.717, 1.165) is 12.0 Å². The van der Waals surface area contributed by atoms with Gasteiger partial charge in [-0.2, -0.15) is 0 Å². The fraction of sp³-hybridized carbons (Fsp3) is 0.333. The molecule has 0 saturated carbocycles. The van der Waals surface area contributed by atoms with Crippen molar-refractivity contribution >= 4 is 25.7 Å². The lowest BCUT2D eigenvalue weighted by molar-refractivity contribution is 0.402. The molecule has 1 heterocycles. The van der Waals surface area contributed by atoms with Gasteiger partial charge in [0.15, 0.2) is 0 Å². The van der Waals surface area contributed by atoms with Gasteiger partial charge >= 0.3 is 0 Å². The number of benzene rings is 2. The molecule has 3 rings (SSSR count). The van der Waals surface area contributed by atoms with Gasteiger partial charge in [0.25, 0.3) is 0 Å². The number of anilines is 1. The van der Waals surface area contributed by atoms with Gasteiger partial charge in [0.05, 0.1) is 18.6 Å². The predicted octanol–water partition coefficient (Wildman–Crippen LogP) is 2.10. The van der Waals surface area contributed by atoms with Crippen molar-refractivity contribution < 1.29 is 21.6 Å². The van der Waals surface area contributed by atoms with Crippen LogP contribution in [-0.4, -0.2) is 36.2 Å².